The van der Waals surface area contributed by atoms with E-state index in [0.717, 1.165) is 7.11 Å². The fourth-order valence-electron chi connectivity index (χ4n) is 4.96. The summed E-state index contributed by atoms with van der Waals surface area (Å²) in [4.78, 5) is 11.5. The number of ether oxygens (including phenoxy) is 1. The van der Waals surface area contributed by atoms with Crippen LogP contribution >= 0.6 is 0 Å². The Labute approximate surface area is 172 Å². The molecule has 174 valence electrons. The fourth-order valence-corrected chi connectivity index (χ4v) is 6.30. The third-order valence-corrected chi connectivity index (χ3v) is 7.87. The molecular formula is C17H27F4N3O5S. The molecule has 0 aromatic rings. The zero-order valence-corrected chi connectivity index (χ0v) is 17.3. The van der Waals surface area contributed by atoms with Crippen molar-refractivity contribution in [3.05, 3.63) is 0 Å². The van der Waals surface area contributed by atoms with Crippen molar-refractivity contribution in [1.29, 1.82) is 0 Å². The van der Waals surface area contributed by atoms with Gasteiger partial charge in [0.2, 0.25) is 5.91 Å². The lowest BCUT2D eigenvalue weighted by atomic mass is 9.66. The first-order chi connectivity index (χ1) is 13.9. The Morgan fingerprint density at radius 2 is 2.03 bits per heavy atom. The van der Waals surface area contributed by atoms with Gasteiger partial charge in [-0.2, -0.15) is 25.9 Å². The van der Waals surface area contributed by atoms with E-state index in [0.29, 0.717) is 23.6 Å². The van der Waals surface area contributed by atoms with Crippen molar-refractivity contribution in [3.8, 4) is 0 Å². The van der Waals surface area contributed by atoms with Crippen LogP contribution < -0.4 is 10.0 Å². The molecule has 0 bridgehead atoms. The van der Waals surface area contributed by atoms with E-state index in [1.54, 1.807) is 4.72 Å². The van der Waals surface area contributed by atoms with Gasteiger partial charge in [-0.15, -0.1) is 0 Å². The van der Waals surface area contributed by atoms with Gasteiger partial charge >= 0.3 is 16.4 Å². The van der Waals surface area contributed by atoms with E-state index in [4.69, 9.17) is 0 Å². The third-order valence-electron chi connectivity index (χ3n) is 6.39. The molecule has 0 radical (unpaired) electrons. The molecule has 30 heavy (non-hydrogen) atoms. The van der Waals surface area contributed by atoms with Gasteiger partial charge < -0.3 is 15.2 Å². The molecule has 2 aliphatic carbocycles. The maximum absolute atomic E-state index is 15.4. The lowest BCUT2D eigenvalue weighted by Gasteiger charge is -2.48. The van der Waals surface area contributed by atoms with Crippen molar-refractivity contribution >= 4 is 16.1 Å². The number of fused-ring (bicyclic) bond motifs is 1. The molecule has 0 aromatic heterocycles. The maximum atomic E-state index is 15.4. The van der Waals surface area contributed by atoms with Crippen molar-refractivity contribution < 1.29 is 40.6 Å². The van der Waals surface area contributed by atoms with Gasteiger partial charge in [-0.3, -0.25) is 4.79 Å². The van der Waals surface area contributed by atoms with E-state index in [2.05, 4.69) is 10.1 Å². The molecule has 7 unspecified atom stereocenters. The Morgan fingerprint density at radius 1 is 1.33 bits per heavy atom. The lowest BCUT2D eigenvalue weighted by Crippen LogP contribution is -2.59. The maximum Gasteiger partial charge on any atom is 0.414 e. The lowest BCUT2D eigenvalue weighted by molar-refractivity contribution is -0.214. The Hall–Kier alpha value is -1.02. The molecule has 3 aliphatic rings. The van der Waals surface area contributed by atoms with Crippen molar-refractivity contribution in [2.24, 2.45) is 11.8 Å². The summed E-state index contributed by atoms with van der Waals surface area (Å²) >= 11 is 0. The second kappa shape index (κ2) is 8.85. The number of hydrogen-bond donors (Lipinski definition) is 3. The monoisotopic (exact) mass is 461 g/mol. The standard InChI is InChI=1S/C17H27F4N3O5S/c1-29-13(17(19,20)21)4-5-22-10-3-2-9-6-12(25)16(15(18)11(9)7-10)24-8-14(26)23-30(24,27)28/h9-13,15-16,22,25H,2-8H2,1H3,(H,23,26). The first-order valence-electron chi connectivity index (χ1n) is 9.91. The Balaban J connectivity index is 1.62. The number of hydrogen-bond acceptors (Lipinski definition) is 6. The van der Waals surface area contributed by atoms with Crippen molar-refractivity contribution in [1.82, 2.24) is 14.3 Å². The summed E-state index contributed by atoms with van der Waals surface area (Å²) in [6.45, 7) is -0.499. The number of carbonyl (C=O) groups excluding carboxylic acids is 1. The van der Waals surface area contributed by atoms with Crippen LogP contribution in [0.25, 0.3) is 0 Å². The molecule has 0 spiro atoms. The molecule has 1 aliphatic heterocycles. The van der Waals surface area contributed by atoms with Gasteiger partial charge in [-0.05, 0) is 50.5 Å². The molecule has 3 fully saturated rings. The number of amides is 1. The van der Waals surface area contributed by atoms with Crippen molar-refractivity contribution in [2.75, 3.05) is 20.2 Å². The summed E-state index contributed by atoms with van der Waals surface area (Å²) in [5.41, 5.74) is 0. The molecule has 1 heterocycles. The highest BCUT2D eigenvalue weighted by Gasteiger charge is 2.53. The van der Waals surface area contributed by atoms with Gasteiger partial charge in [0.05, 0.1) is 18.7 Å². The molecule has 7 atom stereocenters. The predicted molar refractivity (Wildman–Crippen MR) is 97.2 cm³/mol. The van der Waals surface area contributed by atoms with Crippen molar-refractivity contribution in [3.63, 3.8) is 0 Å². The van der Waals surface area contributed by atoms with Crippen LogP contribution in [0.4, 0.5) is 17.6 Å². The predicted octanol–water partition coefficient (Wildman–Crippen LogP) is 0.476. The second-order valence-corrected chi connectivity index (χ2v) is 9.88. The summed E-state index contributed by atoms with van der Waals surface area (Å²) < 4.78 is 84.8. The molecule has 1 saturated heterocycles. The third kappa shape index (κ3) is 4.90. The van der Waals surface area contributed by atoms with Gasteiger partial charge in [0.25, 0.3) is 0 Å². The number of nitrogens with one attached hydrogen (secondary N) is 2. The Morgan fingerprint density at radius 3 is 2.60 bits per heavy atom. The summed E-state index contributed by atoms with van der Waals surface area (Å²) in [6, 6.07) is -1.59. The number of methoxy groups -OCH3 is 1. The number of rotatable bonds is 6. The number of nitrogens with zero attached hydrogens (tertiary/aromatic N) is 1. The normalized spacial score (nSPS) is 38.1. The van der Waals surface area contributed by atoms with Gasteiger partial charge in [0.15, 0.2) is 6.10 Å². The van der Waals surface area contributed by atoms with E-state index in [1.807, 2.05) is 0 Å². The minimum atomic E-state index is -4.46. The molecule has 1 amide bonds. The summed E-state index contributed by atoms with van der Waals surface area (Å²) in [7, 11) is -3.20. The van der Waals surface area contributed by atoms with E-state index in [-0.39, 0.29) is 31.3 Å². The first-order valence-corrected chi connectivity index (χ1v) is 11.4. The van der Waals surface area contributed by atoms with Crippen LogP contribution in [0.15, 0.2) is 0 Å². The summed E-state index contributed by atoms with van der Waals surface area (Å²) in [6.07, 6.45) is -7.82. The van der Waals surface area contributed by atoms with Crippen LogP contribution in [0.5, 0.6) is 0 Å². The van der Waals surface area contributed by atoms with E-state index < -0.39 is 59.2 Å². The number of aliphatic hydroxyl groups excluding tert-OH is 1. The second-order valence-electron chi connectivity index (χ2n) is 8.26. The van der Waals surface area contributed by atoms with Crippen LogP contribution in [-0.4, -0.2) is 80.6 Å². The number of carbonyl (C=O) groups is 1. The molecule has 3 N–H and O–H groups in total. The quantitative estimate of drug-likeness (QED) is 0.497. The highest BCUT2D eigenvalue weighted by molar-refractivity contribution is 7.88. The fraction of sp³-hybridized carbons (Fsp3) is 0.941. The first kappa shape index (κ1) is 23.6. The Bertz CT molecular complexity index is 737. The van der Waals surface area contributed by atoms with Gasteiger partial charge in [0.1, 0.15) is 6.17 Å². The zero-order chi connectivity index (χ0) is 22.3. The molecule has 8 nitrogen and oxygen atoms in total. The van der Waals surface area contributed by atoms with Crippen molar-refractivity contribution in [2.45, 2.75) is 68.7 Å². The SMILES string of the molecule is COC(CCNC1CCC2CC(O)C(N3CC(=O)NS3(=O)=O)C(F)C2C1)C(F)(F)F. The van der Waals surface area contributed by atoms with Gasteiger partial charge in [0, 0.05) is 13.2 Å². The number of halogens is 4. The van der Waals surface area contributed by atoms with Gasteiger partial charge in [-0.25, -0.2) is 9.11 Å². The summed E-state index contributed by atoms with van der Waals surface area (Å²) in [5.74, 6) is -1.49. The van der Waals surface area contributed by atoms with E-state index in [9.17, 15) is 31.5 Å². The topological polar surface area (TPSA) is 108 Å². The average Bonchev–Trinajstić information content (AvgIpc) is 2.90. The number of alkyl halides is 4. The highest BCUT2D eigenvalue weighted by Crippen LogP contribution is 2.44. The largest absolute Gasteiger partial charge is 0.414 e. The van der Waals surface area contributed by atoms with Crippen LogP contribution in [-0.2, 0) is 19.7 Å². The Kier molecular flexibility index (Phi) is 6.97. The molecular weight excluding hydrogens is 434 g/mol. The smallest absolute Gasteiger partial charge is 0.391 e. The zero-order valence-electron chi connectivity index (χ0n) is 16.4. The average molecular weight is 461 g/mol. The molecule has 0 aromatic carbocycles. The highest BCUT2D eigenvalue weighted by atomic mass is 32.2. The summed E-state index contributed by atoms with van der Waals surface area (Å²) in [5, 5.41) is 13.4. The van der Waals surface area contributed by atoms with Crippen LogP contribution in [0, 0.1) is 11.8 Å². The van der Waals surface area contributed by atoms with Crippen LogP contribution in [0.2, 0.25) is 0 Å². The van der Waals surface area contributed by atoms with Crippen LogP contribution in [0.3, 0.4) is 0 Å². The van der Waals surface area contributed by atoms with E-state index in [1.165, 1.54) is 0 Å². The van der Waals surface area contributed by atoms with Crippen LogP contribution in [0.1, 0.15) is 32.1 Å². The minimum absolute atomic E-state index is 0.0437. The minimum Gasteiger partial charge on any atom is -0.391 e. The molecule has 2 saturated carbocycles. The molecule has 3 rings (SSSR count). The van der Waals surface area contributed by atoms with Gasteiger partial charge in [-0.1, -0.05) is 0 Å². The van der Waals surface area contributed by atoms with E-state index >= 15 is 4.39 Å². The number of aliphatic hydroxyl groups is 1. The molecule has 13 heteroatoms.